The number of nitrogens with one attached hydrogen (secondary N) is 2. The molecule has 0 fully saturated rings. The molecule has 1 rings (SSSR count). The van der Waals surface area contributed by atoms with Crippen molar-refractivity contribution in [3.63, 3.8) is 0 Å². The van der Waals surface area contributed by atoms with Crippen molar-refractivity contribution in [3.05, 3.63) is 35.4 Å². The van der Waals surface area contributed by atoms with Crippen LogP contribution in [0.5, 0.6) is 0 Å². The number of aliphatic imine (C=N–C) groups is 1. The average Bonchev–Trinajstić information content (AvgIpc) is 2.58. The molecular formula is C16H26F2N4O2S. The molecule has 0 radical (unpaired) electrons. The maximum absolute atomic E-state index is 13.6. The molecule has 142 valence electrons. The Kier molecular flexibility index (Phi) is 8.77. The minimum atomic E-state index is -3.18. The van der Waals surface area contributed by atoms with Gasteiger partial charge >= 0.3 is 0 Å². The second-order valence-electron chi connectivity index (χ2n) is 5.43. The fraction of sp³-hybridized carbons (Fsp3) is 0.562. The van der Waals surface area contributed by atoms with Gasteiger partial charge in [0.15, 0.2) is 5.96 Å². The highest BCUT2D eigenvalue weighted by Gasteiger charge is 2.14. The van der Waals surface area contributed by atoms with Crippen LogP contribution in [0.2, 0.25) is 0 Å². The van der Waals surface area contributed by atoms with Crippen LogP contribution in [0.1, 0.15) is 25.8 Å². The minimum Gasteiger partial charge on any atom is -0.357 e. The highest BCUT2D eigenvalue weighted by molar-refractivity contribution is 7.89. The summed E-state index contributed by atoms with van der Waals surface area (Å²) in [5, 5.41) is 6.06. The molecule has 1 aromatic rings. The molecule has 9 heteroatoms. The molecule has 0 bridgehead atoms. The van der Waals surface area contributed by atoms with Gasteiger partial charge in [0.2, 0.25) is 10.0 Å². The lowest BCUT2D eigenvalue weighted by molar-refractivity contribution is 0.461. The van der Waals surface area contributed by atoms with E-state index in [4.69, 9.17) is 0 Å². The van der Waals surface area contributed by atoms with Crippen molar-refractivity contribution in [3.8, 4) is 0 Å². The number of nitrogens with zero attached hydrogens (tertiary/aromatic N) is 2. The molecule has 0 saturated heterocycles. The fourth-order valence-electron chi connectivity index (χ4n) is 2.04. The van der Waals surface area contributed by atoms with Crippen molar-refractivity contribution in [1.82, 2.24) is 14.9 Å². The SMILES string of the molecule is CCNC(=NCc1cc(F)ccc1F)NCCCN(C)S(=O)(=O)CC. The van der Waals surface area contributed by atoms with Crippen LogP contribution < -0.4 is 10.6 Å². The van der Waals surface area contributed by atoms with Crippen molar-refractivity contribution >= 4 is 16.0 Å². The lowest BCUT2D eigenvalue weighted by atomic mass is 10.2. The van der Waals surface area contributed by atoms with Crippen LogP contribution >= 0.6 is 0 Å². The van der Waals surface area contributed by atoms with Gasteiger partial charge in [0.1, 0.15) is 11.6 Å². The summed E-state index contributed by atoms with van der Waals surface area (Å²) < 4.78 is 51.4. The molecule has 0 amide bonds. The fourth-order valence-corrected chi connectivity index (χ4v) is 2.89. The van der Waals surface area contributed by atoms with Crippen LogP contribution in [-0.4, -0.2) is 51.1 Å². The zero-order valence-corrected chi connectivity index (χ0v) is 15.7. The molecule has 25 heavy (non-hydrogen) atoms. The molecule has 0 aliphatic carbocycles. The standard InChI is InChI=1S/C16H26F2N4O2S/c1-4-19-16(20-9-6-10-22(3)25(23,24)5-2)21-12-13-11-14(17)7-8-15(13)18/h7-8,11H,4-6,9-10,12H2,1-3H3,(H2,19,20,21). The van der Waals surface area contributed by atoms with Crippen LogP contribution in [0, 0.1) is 11.6 Å². The van der Waals surface area contributed by atoms with Gasteiger partial charge < -0.3 is 10.6 Å². The van der Waals surface area contributed by atoms with Crippen molar-refractivity contribution < 1.29 is 17.2 Å². The quantitative estimate of drug-likeness (QED) is 0.391. The Morgan fingerprint density at radius 1 is 1.24 bits per heavy atom. The highest BCUT2D eigenvalue weighted by atomic mass is 32.2. The molecular weight excluding hydrogens is 350 g/mol. The van der Waals surface area contributed by atoms with E-state index in [0.29, 0.717) is 32.0 Å². The molecule has 1 aromatic carbocycles. The summed E-state index contributed by atoms with van der Waals surface area (Å²) in [6.07, 6.45) is 0.592. The van der Waals surface area contributed by atoms with E-state index in [2.05, 4.69) is 15.6 Å². The Morgan fingerprint density at radius 2 is 1.96 bits per heavy atom. The predicted molar refractivity (Wildman–Crippen MR) is 95.9 cm³/mol. The number of sulfonamides is 1. The smallest absolute Gasteiger partial charge is 0.213 e. The summed E-state index contributed by atoms with van der Waals surface area (Å²) in [6.45, 7) is 5.00. The van der Waals surface area contributed by atoms with Gasteiger partial charge in [-0.05, 0) is 38.5 Å². The van der Waals surface area contributed by atoms with E-state index >= 15 is 0 Å². The molecule has 0 aliphatic rings. The first-order chi connectivity index (χ1) is 11.8. The zero-order chi connectivity index (χ0) is 18.9. The second-order valence-corrected chi connectivity index (χ2v) is 7.80. The van der Waals surface area contributed by atoms with E-state index in [0.717, 1.165) is 18.2 Å². The number of halogens is 2. The summed E-state index contributed by atoms with van der Waals surface area (Å²) >= 11 is 0. The predicted octanol–water partition coefficient (Wildman–Crippen LogP) is 1.69. The van der Waals surface area contributed by atoms with Gasteiger partial charge in [0.25, 0.3) is 0 Å². The normalized spacial score (nSPS) is 12.5. The van der Waals surface area contributed by atoms with Crippen molar-refractivity contribution in [2.75, 3.05) is 32.4 Å². The number of guanidine groups is 1. The molecule has 6 nitrogen and oxygen atoms in total. The van der Waals surface area contributed by atoms with Crippen LogP contribution in [0.4, 0.5) is 8.78 Å². The first kappa shape index (κ1) is 21.3. The van der Waals surface area contributed by atoms with Gasteiger partial charge in [-0.1, -0.05) is 0 Å². The zero-order valence-electron chi connectivity index (χ0n) is 14.8. The largest absolute Gasteiger partial charge is 0.357 e. The maximum Gasteiger partial charge on any atom is 0.213 e. The van der Waals surface area contributed by atoms with E-state index in [1.165, 1.54) is 4.31 Å². The monoisotopic (exact) mass is 376 g/mol. The molecule has 0 saturated carbocycles. The van der Waals surface area contributed by atoms with Gasteiger partial charge in [-0.25, -0.2) is 26.5 Å². The molecule has 0 aliphatic heterocycles. The molecule has 0 heterocycles. The average molecular weight is 376 g/mol. The van der Waals surface area contributed by atoms with Crippen LogP contribution in [0.15, 0.2) is 23.2 Å². The van der Waals surface area contributed by atoms with Crippen molar-refractivity contribution in [2.24, 2.45) is 4.99 Å². The summed E-state index contributed by atoms with van der Waals surface area (Å²) in [4.78, 5) is 4.22. The van der Waals surface area contributed by atoms with E-state index in [1.54, 1.807) is 14.0 Å². The molecule has 0 unspecified atom stereocenters. The second kappa shape index (κ2) is 10.3. The molecule has 0 aromatic heterocycles. The van der Waals surface area contributed by atoms with E-state index < -0.39 is 21.7 Å². The summed E-state index contributed by atoms with van der Waals surface area (Å²) in [5.74, 6) is -0.482. The van der Waals surface area contributed by atoms with Gasteiger partial charge in [-0.2, -0.15) is 0 Å². The van der Waals surface area contributed by atoms with Crippen molar-refractivity contribution in [1.29, 1.82) is 0 Å². The molecule has 0 spiro atoms. The molecule has 0 atom stereocenters. The first-order valence-corrected chi connectivity index (χ1v) is 9.81. The van der Waals surface area contributed by atoms with Crippen molar-refractivity contribution in [2.45, 2.75) is 26.8 Å². The third-order valence-corrected chi connectivity index (χ3v) is 5.40. The van der Waals surface area contributed by atoms with Crippen LogP contribution in [-0.2, 0) is 16.6 Å². The first-order valence-electron chi connectivity index (χ1n) is 8.20. The third kappa shape index (κ3) is 7.35. The van der Waals surface area contributed by atoms with Gasteiger partial charge in [-0.15, -0.1) is 0 Å². The maximum atomic E-state index is 13.6. The summed E-state index contributed by atoms with van der Waals surface area (Å²) in [6, 6.07) is 3.25. The van der Waals surface area contributed by atoms with E-state index in [9.17, 15) is 17.2 Å². The summed E-state index contributed by atoms with van der Waals surface area (Å²) in [7, 11) is -1.64. The minimum absolute atomic E-state index is 0.00302. The Balaban J connectivity index is 2.55. The topological polar surface area (TPSA) is 73.8 Å². The van der Waals surface area contributed by atoms with Crippen LogP contribution in [0.25, 0.3) is 0 Å². The van der Waals surface area contributed by atoms with E-state index in [-0.39, 0.29) is 17.9 Å². The number of benzene rings is 1. The third-order valence-electron chi connectivity index (χ3n) is 3.54. The number of rotatable bonds is 9. The molecule has 2 N–H and O–H groups in total. The Bertz CT molecular complexity index is 681. The van der Waals surface area contributed by atoms with Gasteiger partial charge in [0, 0.05) is 32.2 Å². The highest BCUT2D eigenvalue weighted by Crippen LogP contribution is 2.10. The Labute approximate surface area is 148 Å². The number of hydrogen-bond acceptors (Lipinski definition) is 3. The van der Waals surface area contributed by atoms with E-state index in [1.807, 2.05) is 6.92 Å². The lowest BCUT2D eigenvalue weighted by Crippen LogP contribution is -2.39. The van der Waals surface area contributed by atoms with Crippen LogP contribution in [0.3, 0.4) is 0 Å². The lowest BCUT2D eigenvalue weighted by Gasteiger charge is -2.16. The number of hydrogen-bond donors (Lipinski definition) is 2. The summed E-state index contributed by atoms with van der Waals surface area (Å²) in [5.41, 5.74) is 0.172. The van der Waals surface area contributed by atoms with Gasteiger partial charge in [0.05, 0.1) is 12.3 Å². The Morgan fingerprint density at radius 3 is 2.60 bits per heavy atom. The van der Waals surface area contributed by atoms with Gasteiger partial charge in [-0.3, -0.25) is 0 Å². The Hall–Kier alpha value is -1.74.